The van der Waals surface area contributed by atoms with Crippen molar-refractivity contribution in [2.45, 2.75) is 243 Å². The van der Waals surface area contributed by atoms with Crippen LogP contribution in [0.5, 0.6) is 0 Å². The highest BCUT2D eigenvalue weighted by atomic mass is 16.7. The molecule has 0 aromatic rings. The monoisotopic (exact) mass is 1090 g/mol. The van der Waals surface area contributed by atoms with Crippen molar-refractivity contribution >= 4 is 36.4 Å². The summed E-state index contributed by atoms with van der Waals surface area (Å²) in [5.74, 6) is -0.964. The van der Waals surface area contributed by atoms with Crippen LogP contribution in [0.3, 0.4) is 0 Å². The average Bonchev–Trinajstić information content (AvgIpc) is 3.23. The van der Waals surface area contributed by atoms with Crippen LogP contribution in [0.1, 0.15) is 130 Å². The number of amides is 6. The van der Waals surface area contributed by atoms with Crippen molar-refractivity contribution in [1.29, 1.82) is 0 Å². The van der Waals surface area contributed by atoms with Gasteiger partial charge in [-0.15, -0.1) is 0 Å². The van der Waals surface area contributed by atoms with Gasteiger partial charge in [0.15, 0.2) is 12.6 Å². The van der Waals surface area contributed by atoms with Crippen LogP contribution in [0.25, 0.3) is 0 Å². The molecule has 1 aliphatic carbocycles. The second-order valence-electron chi connectivity index (χ2n) is 24.0. The zero-order chi connectivity index (χ0) is 57.7. The van der Waals surface area contributed by atoms with Crippen molar-refractivity contribution in [3.63, 3.8) is 0 Å². The van der Waals surface area contributed by atoms with Gasteiger partial charge in [-0.1, -0.05) is 0 Å². The van der Waals surface area contributed by atoms with E-state index in [2.05, 4.69) is 37.2 Å². The van der Waals surface area contributed by atoms with E-state index in [1.807, 2.05) is 0 Å². The largest absolute Gasteiger partial charge is 0.444 e. The first-order valence-electron chi connectivity index (χ1n) is 25.8. The second-order valence-corrected chi connectivity index (χ2v) is 24.0. The van der Waals surface area contributed by atoms with Crippen LogP contribution < -0.4 is 43.0 Å². The number of nitrogens with one attached hydrogen (secondary N) is 7. The number of nitrogens with two attached hydrogens (primary N) is 1. The lowest BCUT2D eigenvalue weighted by atomic mass is 9.81. The minimum Gasteiger partial charge on any atom is -0.444 e. The molecule has 27 nitrogen and oxygen atoms in total. The number of carbonyl (C=O) groups is 6. The minimum absolute atomic E-state index is 0.00555. The molecular weight excluding hydrogens is 1000 g/mol. The molecule has 3 rings (SSSR count). The summed E-state index contributed by atoms with van der Waals surface area (Å²) in [4.78, 5) is 79.6. The van der Waals surface area contributed by atoms with E-state index >= 15 is 0 Å². The lowest BCUT2D eigenvalue weighted by Gasteiger charge is -2.51. The lowest BCUT2D eigenvalue weighted by Crippen LogP contribution is -2.73. The molecule has 6 unspecified atom stereocenters. The summed E-state index contributed by atoms with van der Waals surface area (Å²) < 4.78 is 53.4. The summed E-state index contributed by atoms with van der Waals surface area (Å²) in [6.07, 6.45) is -17.9. The molecule has 1 saturated carbocycles. The van der Waals surface area contributed by atoms with Crippen molar-refractivity contribution in [2.75, 3.05) is 32.8 Å². The van der Waals surface area contributed by atoms with Crippen LogP contribution in [0.15, 0.2) is 0 Å². The molecule has 2 saturated heterocycles. The van der Waals surface area contributed by atoms with E-state index < -0.39 is 157 Å². The van der Waals surface area contributed by atoms with Gasteiger partial charge in [0.05, 0.1) is 55.1 Å². The molecule has 27 heteroatoms. The number of rotatable bonds is 18. The van der Waals surface area contributed by atoms with Gasteiger partial charge in [-0.25, -0.2) is 24.0 Å². The molecular formula is C49H90N8O19. The van der Waals surface area contributed by atoms with E-state index in [1.165, 1.54) is 0 Å². The van der Waals surface area contributed by atoms with Crippen LogP contribution in [0.4, 0.5) is 24.0 Å². The highest BCUT2D eigenvalue weighted by Crippen LogP contribution is 2.34. The van der Waals surface area contributed by atoms with Crippen LogP contribution in [-0.4, -0.2) is 203 Å². The molecule has 0 aromatic heterocycles. The van der Waals surface area contributed by atoms with Crippen molar-refractivity contribution in [1.82, 2.24) is 37.2 Å². The Labute approximate surface area is 446 Å². The number of hydrogen-bond acceptors (Lipinski definition) is 21. The lowest BCUT2D eigenvalue weighted by molar-refractivity contribution is -0.306. The first-order chi connectivity index (χ1) is 34.9. The zero-order valence-corrected chi connectivity index (χ0v) is 46.9. The molecule has 0 radical (unpaired) electrons. The summed E-state index contributed by atoms with van der Waals surface area (Å²) >= 11 is 0. The molecule has 3 fully saturated rings. The maximum atomic E-state index is 14.1. The summed E-state index contributed by atoms with van der Waals surface area (Å²) in [7, 11) is 0. The number of aliphatic hydroxyl groups is 4. The quantitative estimate of drug-likeness (QED) is 0.0851. The number of aliphatic hydroxyl groups excluding tert-OH is 4. The van der Waals surface area contributed by atoms with E-state index in [9.17, 15) is 49.2 Å². The van der Waals surface area contributed by atoms with Gasteiger partial charge in [-0.3, -0.25) is 4.79 Å². The molecule has 0 bridgehead atoms. The van der Waals surface area contributed by atoms with Gasteiger partial charge in [0.2, 0.25) is 5.91 Å². The maximum absolute atomic E-state index is 14.1. The number of ether oxygens (including phenoxy) is 9. The predicted octanol–water partition coefficient (Wildman–Crippen LogP) is 0.987. The average molecular weight is 1100 g/mol. The minimum atomic E-state index is -1.90. The molecule has 13 N–H and O–H groups in total. The molecule has 76 heavy (non-hydrogen) atoms. The topological polar surface area (TPSA) is 377 Å². The van der Waals surface area contributed by atoms with Gasteiger partial charge in [-0.2, -0.15) is 0 Å². The Kier molecular flexibility index (Phi) is 24.1. The molecule has 14 atom stereocenters. The molecule has 3 aliphatic rings. The maximum Gasteiger partial charge on any atom is 0.408 e. The van der Waals surface area contributed by atoms with Gasteiger partial charge in [0, 0.05) is 26.2 Å². The Morgan fingerprint density at radius 3 is 1.53 bits per heavy atom. The molecule has 0 spiro atoms. The second kappa shape index (κ2) is 27.8. The van der Waals surface area contributed by atoms with Crippen molar-refractivity contribution in [2.24, 2.45) is 5.73 Å². The van der Waals surface area contributed by atoms with Gasteiger partial charge in [-0.05, 0) is 130 Å². The van der Waals surface area contributed by atoms with Crippen molar-refractivity contribution in [3.8, 4) is 0 Å². The fourth-order valence-electron chi connectivity index (χ4n) is 8.21. The van der Waals surface area contributed by atoms with Crippen LogP contribution >= 0.6 is 0 Å². The third-order valence-corrected chi connectivity index (χ3v) is 11.1. The fraction of sp³-hybridized carbons (Fsp3) is 0.878. The highest BCUT2D eigenvalue weighted by molar-refractivity contribution is 5.81. The summed E-state index contributed by atoms with van der Waals surface area (Å²) in [5, 5.41) is 64.2. The summed E-state index contributed by atoms with van der Waals surface area (Å²) in [6, 6.07) is -6.24. The smallest absolute Gasteiger partial charge is 0.408 e. The molecule has 0 aromatic carbocycles. The molecule has 2 aliphatic heterocycles. The van der Waals surface area contributed by atoms with Crippen LogP contribution in [-0.2, 0) is 47.4 Å². The molecule has 2 heterocycles. The van der Waals surface area contributed by atoms with E-state index in [1.54, 1.807) is 104 Å². The Balaban J connectivity index is 2.22. The van der Waals surface area contributed by atoms with E-state index in [0.717, 1.165) is 0 Å². The van der Waals surface area contributed by atoms with Crippen molar-refractivity contribution < 1.29 is 91.8 Å². The Hall–Kier alpha value is -4.58. The van der Waals surface area contributed by atoms with Crippen molar-refractivity contribution in [3.05, 3.63) is 0 Å². The van der Waals surface area contributed by atoms with Gasteiger partial charge in [0.1, 0.15) is 52.4 Å². The van der Waals surface area contributed by atoms with E-state index in [-0.39, 0.29) is 51.9 Å². The first kappa shape index (κ1) is 65.7. The van der Waals surface area contributed by atoms with E-state index in [0.29, 0.717) is 0 Å². The zero-order valence-electron chi connectivity index (χ0n) is 46.9. The molecule has 6 amide bonds. The fourth-order valence-corrected chi connectivity index (χ4v) is 8.21. The Morgan fingerprint density at radius 2 is 1.03 bits per heavy atom. The first-order valence-corrected chi connectivity index (χ1v) is 25.8. The van der Waals surface area contributed by atoms with Crippen LogP contribution in [0.2, 0.25) is 0 Å². The molecule has 440 valence electrons. The highest BCUT2D eigenvalue weighted by Gasteiger charge is 2.54. The van der Waals surface area contributed by atoms with E-state index in [4.69, 9.17) is 48.4 Å². The van der Waals surface area contributed by atoms with Gasteiger partial charge >= 0.3 is 30.5 Å². The Morgan fingerprint density at radius 1 is 0.566 bits per heavy atom. The standard InChI is InChI=1S/C49H90N8O19/c1-45(2,3)72-40(63)52-20-18-29(59)37(62)54-27-22-28(56-43(66)75-48(10,11)12)36(70-38-26(55-42(65)74-47(7,8)9)17-16-25(68-38)23-53-41(64)73-46(4,5)6)32(51-21-19-50)35(27)71-39-34(61)31(33(60)30(24-58)69-39)57-44(67)76-49(13,14)15/h25-36,38-39,51,58-61H,16-24,50H2,1-15H3,(H,52,63)(H,53,64)(H,54,62)(H,55,65)(H,56,66)(H,57,67)/t25?,26?,27-,28-,29+,30?,31+,32?,33-,34?,35+,36?,38-,39-/m1/s1. The third kappa shape index (κ3) is 23.2. The summed E-state index contributed by atoms with van der Waals surface area (Å²) in [6.45, 7) is 23.8. The predicted molar refractivity (Wildman–Crippen MR) is 271 cm³/mol. The van der Waals surface area contributed by atoms with Crippen LogP contribution in [0, 0.1) is 0 Å². The number of alkyl carbamates (subject to hydrolysis) is 5. The summed E-state index contributed by atoms with van der Waals surface area (Å²) in [5.41, 5.74) is 1.52. The number of carbonyl (C=O) groups excluding carboxylic acids is 6. The third-order valence-electron chi connectivity index (χ3n) is 11.1. The SMILES string of the molecule is CC(C)(C)OC(=O)NCC[C@H](O)C(=O)N[C@@H]1C[C@@H](NC(=O)OC(C)(C)C)C(O[C@H]2OC(CNC(=O)OC(C)(C)C)CCC2NC(=O)OC(C)(C)C)C(NCCN)[C@H]1O[C@H]1OC(CO)[C@@H](O)[C@H](NC(=O)OC(C)(C)C)C1O. The normalized spacial score (nSPS) is 28.9. The number of hydrogen-bond donors (Lipinski definition) is 12. The van der Waals surface area contributed by atoms with Gasteiger partial charge in [0.25, 0.3) is 0 Å². The van der Waals surface area contributed by atoms with Gasteiger partial charge < -0.3 is 106 Å². The Bertz CT molecular complexity index is 1900.